The Balaban J connectivity index is 1.87. The summed E-state index contributed by atoms with van der Waals surface area (Å²) in [6.45, 7) is 3.48. The van der Waals surface area contributed by atoms with E-state index in [1.54, 1.807) is 0 Å². The van der Waals surface area contributed by atoms with Crippen molar-refractivity contribution >= 4 is 5.91 Å². The smallest absolute Gasteiger partial charge is 0.232 e. The second-order valence-corrected chi connectivity index (χ2v) is 6.37. The van der Waals surface area contributed by atoms with E-state index >= 15 is 0 Å². The molecule has 3 nitrogen and oxygen atoms in total. The molecule has 108 valence electrons. The Kier molecular flexibility index (Phi) is 3.55. The Morgan fingerprint density at radius 1 is 1.30 bits per heavy atom. The molecule has 1 aromatic rings. The number of likely N-dealkylation sites (tertiary alicyclic amines) is 1. The third kappa shape index (κ3) is 2.24. The normalized spacial score (nSPS) is 27.2. The molecule has 0 spiro atoms. The topological polar surface area (TPSA) is 40.5 Å². The summed E-state index contributed by atoms with van der Waals surface area (Å²) in [5.41, 5.74) is 2.16. The van der Waals surface area contributed by atoms with Crippen LogP contribution in [0.4, 0.5) is 0 Å². The van der Waals surface area contributed by atoms with Gasteiger partial charge in [-0.3, -0.25) is 4.79 Å². The summed E-state index contributed by atoms with van der Waals surface area (Å²) < 4.78 is 0. The molecular weight excluding hydrogens is 250 g/mol. The number of hydrogen-bond acceptors (Lipinski definition) is 2. The molecule has 3 rings (SSSR count). The van der Waals surface area contributed by atoms with E-state index in [0.29, 0.717) is 25.9 Å². The molecule has 1 unspecified atom stereocenters. The van der Waals surface area contributed by atoms with Crippen LogP contribution in [0.1, 0.15) is 43.7 Å². The van der Waals surface area contributed by atoms with E-state index in [-0.39, 0.29) is 17.4 Å². The van der Waals surface area contributed by atoms with Gasteiger partial charge in [0, 0.05) is 13.1 Å². The highest BCUT2D eigenvalue weighted by Crippen LogP contribution is 2.39. The van der Waals surface area contributed by atoms with E-state index in [9.17, 15) is 9.90 Å². The minimum atomic E-state index is -0.378. The zero-order valence-corrected chi connectivity index (χ0v) is 12.1. The summed E-state index contributed by atoms with van der Waals surface area (Å²) in [6.07, 6.45) is 4.29. The lowest BCUT2D eigenvalue weighted by molar-refractivity contribution is -0.139. The fourth-order valence-corrected chi connectivity index (χ4v) is 3.68. The molecule has 0 aromatic heterocycles. The molecular formula is C17H23NO2. The van der Waals surface area contributed by atoms with E-state index in [1.165, 1.54) is 11.1 Å². The van der Waals surface area contributed by atoms with Gasteiger partial charge in [0.1, 0.15) is 0 Å². The fraction of sp³-hybridized carbons (Fsp3) is 0.588. The van der Waals surface area contributed by atoms with Crippen molar-refractivity contribution in [3.05, 3.63) is 35.4 Å². The van der Waals surface area contributed by atoms with Gasteiger partial charge in [0.05, 0.1) is 11.5 Å². The average Bonchev–Trinajstić information content (AvgIpc) is 2.48. The van der Waals surface area contributed by atoms with Gasteiger partial charge in [-0.15, -0.1) is 0 Å². The van der Waals surface area contributed by atoms with Crippen LogP contribution < -0.4 is 0 Å². The third-order valence-electron chi connectivity index (χ3n) is 4.96. The number of piperidine rings is 1. The largest absolute Gasteiger partial charge is 0.393 e. The molecule has 1 heterocycles. The molecule has 0 bridgehead atoms. The number of rotatable bonds is 1. The van der Waals surface area contributed by atoms with Gasteiger partial charge >= 0.3 is 0 Å². The number of nitrogens with zero attached hydrogens (tertiary/aromatic N) is 1. The number of carbonyl (C=O) groups excluding carboxylic acids is 1. The van der Waals surface area contributed by atoms with E-state index < -0.39 is 0 Å². The van der Waals surface area contributed by atoms with Gasteiger partial charge in [-0.05, 0) is 50.2 Å². The predicted octanol–water partition coefficient (Wildman–Crippen LogP) is 2.26. The monoisotopic (exact) mass is 273 g/mol. The van der Waals surface area contributed by atoms with Gasteiger partial charge < -0.3 is 10.0 Å². The van der Waals surface area contributed by atoms with Crippen LogP contribution in [0.5, 0.6) is 0 Å². The van der Waals surface area contributed by atoms with Gasteiger partial charge in [0.25, 0.3) is 0 Å². The molecule has 1 aliphatic heterocycles. The highest BCUT2D eigenvalue weighted by molar-refractivity contribution is 5.88. The first-order valence-electron chi connectivity index (χ1n) is 7.67. The van der Waals surface area contributed by atoms with Crippen LogP contribution in [0, 0.1) is 0 Å². The third-order valence-corrected chi connectivity index (χ3v) is 4.96. The van der Waals surface area contributed by atoms with Crippen molar-refractivity contribution in [1.82, 2.24) is 4.90 Å². The van der Waals surface area contributed by atoms with E-state index in [1.807, 2.05) is 11.0 Å². The lowest BCUT2D eigenvalue weighted by atomic mass is 9.70. The SMILES string of the molecule is CC1(C(=O)N2CCC(O)CC2)CCCc2ccccc21. The van der Waals surface area contributed by atoms with Crippen LogP contribution in [0.2, 0.25) is 0 Å². The molecule has 1 atom stereocenters. The van der Waals surface area contributed by atoms with Crippen molar-refractivity contribution < 1.29 is 9.90 Å². The Morgan fingerprint density at radius 3 is 2.75 bits per heavy atom. The first kappa shape index (κ1) is 13.6. The number of fused-ring (bicyclic) bond motifs is 1. The molecule has 2 aliphatic rings. The fourth-order valence-electron chi connectivity index (χ4n) is 3.68. The van der Waals surface area contributed by atoms with Crippen LogP contribution in [-0.4, -0.2) is 35.1 Å². The molecule has 1 amide bonds. The maximum atomic E-state index is 13.0. The van der Waals surface area contributed by atoms with Gasteiger partial charge in [-0.1, -0.05) is 24.3 Å². The number of aryl methyl sites for hydroxylation is 1. The van der Waals surface area contributed by atoms with Crippen molar-refractivity contribution in [3.8, 4) is 0 Å². The van der Waals surface area contributed by atoms with Gasteiger partial charge in [0.2, 0.25) is 5.91 Å². The van der Waals surface area contributed by atoms with Crippen LogP contribution in [0.25, 0.3) is 0 Å². The average molecular weight is 273 g/mol. The Labute approximate surface area is 120 Å². The number of hydrogen-bond donors (Lipinski definition) is 1. The van der Waals surface area contributed by atoms with Crippen LogP contribution >= 0.6 is 0 Å². The minimum Gasteiger partial charge on any atom is -0.393 e. The van der Waals surface area contributed by atoms with Gasteiger partial charge in [0.15, 0.2) is 0 Å². The molecule has 1 aromatic carbocycles. The first-order valence-corrected chi connectivity index (χ1v) is 7.67. The molecule has 1 saturated heterocycles. The molecule has 0 saturated carbocycles. The number of aliphatic hydroxyl groups is 1. The molecule has 20 heavy (non-hydrogen) atoms. The second-order valence-electron chi connectivity index (χ2n) is 6.37. The molecule has 1 N–H and O–H groups in total. The summed E-state index contributed by atoms with van der Waals surface area (Å²) in [5.74, 6) is 0.247. The van der Waals surface area contributed by atoms with Crippen molar-refractivity contribution in [2.24, 2.45) is 0 Å². The zero-order valence-electron chi connectivity index (χ0n) is 12.1. The van der Waals surface area contributed by atoms with Crippen LogP contribution in [-0.2, 0) is 16.6 Å². The van der Waals surface area contributed by atoms with Crippen LogP contribution in [0.3, 0.4) is 0 Å². The summed E-state index contributed by atoms with van der Waals surface area (Å²) in [6, 6.07) is 8.37. The van der Waals surface area contributed by atoms with Gasteiger partial charge in [-0.25, -0.2) is 0 Å². The maximum absolute atomic E-state index is 13.0. The molecule has 1 fully saturated rings. The van der Waals surface area contributed by atoms with Crippen molar-refractivity contribution in [3.63, 3.8) is 0 Å². The number of benzene rings is 1. The Hall–Kier alpha value is -1.35. The Bertz CT molecular complexity index is 505. The lowest BCUT2D eigenvalue weighted by Gasteiger charge is -2.40. The zero-order chi connectivity index (χ0) is 14.2. The van der Waals surface area contributed by atoms with Crippen molar-refractivity contribution in [2.45, 2.75) is 50.5 Å². The number of aliphatic hydroxyl groups excluding tert-OH is 1. The Morgan fingerprint density at radius 2 is 2.00 bits per heavy atom. The quantitative estimate of drug-likeness (QED) is 0.852. The summed E-state index contributed by atoms with van der Waals surface area (Å²) in [5, 5.41) is 9.60. The highest BCUT2D eigenvalue weighted by Gasteiger charge is 2.41. The van der Waals surface area contributed by atoms with E-state index in [4.69, 9.17) is 0 Å². The highest BCUT2D eigenvalue weighted by atomic mass is 16.3. The number of carbonyl (C=O) groups is 1. The number of amides is 1. The standard InChI is InChI=1S/C17H23NO2/c1-17(16(20)18-11-8-14(19)9-12-18)10-4-6-13-5-2-3-7-15(13)17/h2-3,5,7,14,19H,4,6,8-12H2,1H3. The van der Waals surface area contributed by atoms with E-state index in [2.05, 4.69) is 25.1 Å². The summed E-state index contributed by atoms with van der Waals surface area (Å²) in [4.78, 5) is 14.9. The predicted molar refractivity (Wildman–Crippen MR) is 78.6 cm³/mol. The maximum Gasteiger partial charge on any atom is 0.232 e. The first-order chi connectivity index (χ1) is 9.61. The molecule has 1 aliphatic carbocycles. The molecule has 0 radical (unpaired) electrons. The lowest BCUT2D eigenvalue weighted by Crippen LogP contribution is -2.50. The van der Waals surface area contributed by atoms with Crippen molar-refractivity contribution in [2.75, 3.05) is 13.1 Å². The summed E-state index contributed by atoms with van der Waals surface area (Å²) >= 11 is 0. The van der Waals surface area contributed by atoms with Crippen molar-refractivity contribution in [1.29, 1.82) is 0 Å². The summed E-state index contributed by atoms with van der Waals surface area (Å²) in [7, 11) is 0. The second kappa shape index (κ2) is 5.21. The van der Waals surface area contributed by atoms with Gasteiger partial charge in [-0.2, -0.15) is 0 Å². The molecule has 3 heteroatoms. The minimum absolute atomic E-state index is 0.231. The van der Waals surface area contributed by atoms with E-state index in [0.717, 1.165) is 19.3 Å². The van der Waals surface area contributed by atoms with Crippen LogP contribution in [0.15, 0.2) is 24.3 Å².